The third kappa shape index (κ3) is 7.85. The lowest BCUT2D eigenvalue weighted by Crippen LogP contribution is -2.72. The standard InChI is InChI=1S/C24F45N3/c25-4(26,7(31,32)10(37,38)13(43,44)16(49,50)19(55,56)22(61,62)63)1-70-2(5(27,28)8(33,34)11(39,40)14(45,46)17(51,52)20(57,58)23(64,65)66)72-3(71-1)6(29,30)9(35,36)12(41,42)15(47,48)18(53,54)21(59,60)24(67,68)69. The molecular weight excluding hydrogens is 1190 g/mol. The fraction of sp³-hybridized carbons (Fsp3) is 0.875. The highest BCUT2D eigenvalue weighted by Crippen LogP contribution is 2.68. The van der Waals surface area contributed by atoms with E-state index in [2.05, 4.69) is 0 Å². The molecule has 0 fully saturated rings. The first-order chi connectivity index (χ1) is 30.3. The van der Waals surface area contributed by atoms with Crippen LogP contribution in [0.25, 0.3) is 0 Å². The molecule has 3 nitrogen and oxygen atoms in total. The van der Waals surface area contributed by atoms with Crippen LogP contribution in [0.15, 0.2) is 0 Å². The summed E-state index contributed by atoms with van der Waals surface area (Å²) in [5.74, 6) is -191. The molecule has 72 heavy (non-hydrogen) atoms. The van der Waals surface area contributed by atoms with Gasteiger partial charge in [0.1, 0.15) is 0 Å². The number of aromatic nitrogens is 3. The van der Waals surface area contributed by atoms with Gasteiger partial charge in [-0.05, 0) is 0 Å². The van der Waals surface area contributed by atoms with E-state index < -0.39 is 143 Å². The summed E-state index contributed by atoms with van der Waals surface area (Å²) in [5.41, 5.74) is 0. The summed E-state index contributed by atoms with van der Waals surface area (Å²) in [6.45, 7) is 0. The van der Waals surface area contributed by atoms with Crippen molar-refractivity contribution in [3.8, 4) is 0 Å². The highest BCUT2D eigenvalue weighted by molar-refractivity contribution is 5.24. The van der Waals surface area contributed by atoms with Gasteiger partial charge >= 0.3 is 125 Å². The Morgan fingerprint density at radius 2 is 0.236 bits per heavy atom. The van der Waals surface area contributed by atoms with Crippen molar-refractivity contribution in [2.24, 2.45) is 0 Å². The molecule has 0 aliphatic carbocycles. The van der Waals surface area contributed by atoms with Crippen molar-refractivity contribution in [2.45, 2.75) is 125 Å². The Morgan fingerprint density at radius 3 is 0.347 bits per heavy atom. The van der Waals surface area contributed by atoms with Gasteiger partial charge in [0.05, 0.1) is 0 Å². The Morgan fingerprint density at radius 1 is 0.139 bits per heavy atom. The van der Waals surface area contributed by atoms with Crippen molar-refractivity contribution in [3.05, 3.63) is 17.5 Å². The highest BCUT2D eigenvalue weighted by Gasteiger charge is 2.97. The summed E-state index contributed by atoms with van der Waals surface area (Å²) in [6, 6.07) is 0. The molecule has 0 radical (unpaired) electrons. The van der Waals surface area contributed by atoms with E-state index in [0.717, 1.165) is 0 Å². The average molecular weight is 1190 g/mol. The topological polar surface area (TPSA) is 38.7 Å². The second-order valence-electron chi connectivity index (χ2n) is 13.1. The summed E-state index contributed by atoms with van der Waals surface area (Å²) < 4.78 is 617. The van der Waals surface area contributed by atoms with Gasteiger partial charge in [0.15, 0.2) is 0 Å². The molecule has 0 saturated heterocycles. The summed E-state index contributed by atoms with van der Waals surface area (Å²) in [6.07, 6.45) is -25.7. The lowest BCUT2D eigenvalue weighted by molar-refractivity contribution is -0.455. The highest BCUT2D eigenvalue weighted by atomic mass is 19.5. The maximum Gasteiger partial charge on any atom is 0.460 e. The number of hydrogen-bond acceptors (Lipinski definition) is 3. The van der Waals surface area contributed by atoms with Crippen molar-refractivity contribution in [1.82, 2.24) is 15.0 Å². The summed E-state index contributed by atoms with van der Waals surface area (Å²) in [4.78, 5) is 0.234. The number of rotatable bonds is 18. The van der Waals surface area contributed by atoms with Gasteiger partial charge in [-0.2, -0.15) is 198 Å². The average Bonchev–Trinajstić information content (AvgIpc) is 3.14. The molecule has 1 aromatic rings. The monoisotopic (exact) mass is 1180 g/mol. The molecule has 1 aromatic heterocycles. The number of hydrogen-bond donors (Lipinski definition) is 0. The molecule has 0 aromatic carbocycles. The van der Waals surface area contributed by atoms with Crippen molar-refractivity contribution < 1.29 is 198 Å². The lowest BCUT2D eigenvalue weighted by Gasteiger charge is -2.42. The second kappa shape index (κ2) is 16.2. The van der Waals surface area contributed by atoms with Gasteiger partial charge in [-0.25, -0.2) is 15.0 Å². The van der Waals surface area contributed by atoms with Crippen LogP contribution in [0.1, 0.15) is 17.5 Å². The summed E-state index contributed by atoms with van der Waals surface area (Å²) in [5, 5.41) is 0. The van der Waals surface area contributed by atoms with E-state index in [1.807, 2.05) is 0 Å². The number of nitrogens with zero attached hydrogens (tertiary/aromatic N) is 3. The SMILES string of the molecule is FC(F)(F)C(F)(F)C(F)(F)C(F)(F)C(F)(F)C(F)(F)C(F)(F)c1nc(C(F)(F)C(F)(F)C(F)(F)C(F)(F)C(F)(F)C(F)(F)C(F)(F)F)nc(C(F)(F)C(F)(F)C(F)(F)C(F)(F)C(F)(F)C(F)(F)C(F)(F)F)n1. The Labute approximate surface area is 356 Å². The van der Waals surface area contributed by atoms with Crippen molar-refractivity contribution in [2.75, 3.05) is 0 Å². The molecule has 0 bridgehead atoms. The van der Waals surface area contributed by atoms with Crippen LogP contribution in [-0.2, 0) is 17.8 Å². The summed E-state index contributed by atoms with van der Waals surface area (Å²) >= 11 is 0. The second-order valence-corrected chi connectivity index (χ2v) is 13.1. The first-order valence-corrected chi connectivity index (χ1v) is 15.1. The third-order valence-corrected chi connectivity index (χ3v) is 8.46. The molecule has 0 N–H and O–H groups in total. The smallest absolute Gasteiger partial charge is 0.205 e. The molecule has 1 rings (SSSR count). The fourth-order valence-corrected chi connectivity index (χ4v) is 4.12. The van der Waals surface area contributed by atoms with Gasteiger partial charge < -0.3 is 0 Å². The van der Waals surface area contributed by atoms with Gasteiger partial charge in [-0.3, -0.25) is 0 Å². The maximum atomic E-state index is 14.9. The molecule has 0 aliphatic heterocycles. The van der Waals surface area contributed by atoms with Gasteiger partial charge in [0.25, 0.3) is 0 Å². The van der Waals surface area contributed by atoms with Crippen LogP contribution in [0.3, 0.4) is 0 Å². The Balaban J connectivity index is 4.90. The minimum Gasteiger partial charge on any atom is -0.205 e. The van der Waals surface area contributed by atoms with E-state index in [9.17, 15) is 198 Å². The van der Waals surface area contributed by atoms with E-state index in [-0.39, 0.29) is 15.0 Å². The lowest BCUT2D eigenvalue weighted by atomic mass is 9.89. The molecule has 0 amide bonds. The van der Waals surface area contributed by atoms with Crippen LogP contribution in [-0.4, -0.2) is 122 Å². The first kappa shape index (κ1) is 65.9. The van der Waals surface area contributed by atoms with E-state index in [1.165, 1.54) is 0 Å². The van der Waals surface area contributed by atoms with Crippen LogP contribution >= 0.6 is 0 Å². The van der Waals surface area contributed by atoms with Gasteiger partial charge in [-0.1, -0.05) is 0 Å². The predicted octanol–water partition coefficient (Wildman–Crippen LogP) is 14.4. The molecule has 48 heteroatoms. The first-order valence-electron chi connectivity index (χ1n) is 15.1. The predicted molar refractivity (Wildman–Crippen MR) is 124 cm³/mol. The van der Waals surface area contributed by atoms with E-state index in [0.29, 0.717) is 0 Å². The third-order valence-electron chi connectivity index (χ3n) is 8.46. The van der Waals surface area contributed by atoms with Gasteiger partial charge in [-0.15, -0.1) is 0 Å². The fourth-order valence-electron chi connectivity index (χ4n) is 4.12. The Hall–Kier alpha value is -4.14. The van der Waals surface area contributed by atoms with Crippen LogP contribution in [0, 0.1) is 0 Å². The number of halogens is 45. The Kier molecular flexibility index (Phi) is 14.8. The van der Waals surface area contributed by atoms with Gasteiger partial charge in [0, 0.05) is 0 Å². The minimum absolute atomic E-state index is 0.0779. The zero-order valence-electron chi connectivity index (χ0n) is 30.4. The Bertz CT molecular complexity index is 1900. The molecule has 0 spiro atoms. The van der Waals surface area contributed by atoms with Crippen molar-refractivity contribution in [1.29, 1.82) is 0 Å². The zero-order valence-corrected chi connectivity index (χ0v) is 30.4. The molecule has 0 atom stereocenters. The van der Waals surface area contributed by atoms with E-state index in [1.54, 1.807) is 0 Å². The molecule has 426 valence electrons. The quantitative estimate of drug-likeness (QED) is 0.138. The van der Waals surface area contributed by atoms with Crippen LogP contribution in [0.4, 0.5) is 198 Å². The molecule has 1 heterocycles. The van der Waals surface area contributed by atoms with Crippen LogP contribution in [0.5, 0.6) is 0 Å². The number of alkyl halides is 45. The van der Waals surface area contributed by atoms with E-state index >= 15 is 0 Å². The summed E-state index contributed by atoms with van der Waals surface area (Å²) in [7, 11) is 0. The van der Waals surface area contributed by atoms with Crippen LogP contribution in [0.2, 0.25) is 0 Å². The molecule has 0 saturated carbocycles. The molecular formula is C24F45N3. The van der Waals surface area contributed by atoms with Crippen molar-refractivity contribution in [3.63, 3.8) is 0 Å². The molecule has 0 unspecified atom stereocenters. The minimum atomic E-state index is -9.94. The zero-order chi connectivity index (χ0) is 59.4. The van der Waals surface area contributed by atoms with E-state index in [4.69, 9.17) is 0 Å². The molecule has 0 aliphatic rings. The van der Waals surface area contributed by atoms with Crippen molar-refractivity contribution >= 4 is 0 Å². The largest absolute Gasteiger partial charge is 0.460 e. The maximum absolute atomic E-state index is 14.9. The normalized spacial score (nSPS) is 17.0. The van der Waals surface area contributed by atoms with Crippen LogP contribution < -0.4 is 0 Å². The van der Waals surface area contributed by atoms with Gasteiger partial charge in [0.2, 0.25) is 17.5 Å².